The van der Waals surface area contributed by atoms with Gasteiger partial charge in [0.25, 0.3) is 5.91 Å². The number of carbonyl (C=O) groups excluding carboxylic acids is 1. The monoisotopic (exact) mass is 422 g/mol. The van der Waals surface area contributed by atoms with Crippen LogP contribution in [0.15, 0.2) is 30.7 Å². The van der Waals surface area contributed by atoms with Gasteiger partial charge in [-0.05, 0) is 19.9 Å². The number of nitrogens with zero attached hydrogens (tertiary/aromatic N) is 4. The molecule has 1 fully saturated rings. The van der Waals surface area contributed by atoms with Crippen molar-refractivity contribution >= 4 is 35.5 Å². The predicted molar refractivity (Wildman–Crippen MR) is 109 cm³/mol. The van der Waals surface area contributed by atoms with Gasteiger partial charge in [0.2, 0.25) is 0 Å². The van der Waals surface area contributed by atoms with Gasteiger partial charge in [0, 0.05) is 37.9 Å². The van der Waals surface area contributed by atoms with Gasteiger partial charge in [0.15, 0.2) is 5.65 Å². The molecule has 2 aromatic heterocycles. The third kappa shape index (κ3) is 4.30. The average Bonchev–Trinajstić information content (AvgIpc) is 3.02. The zero-order valence-corrected chi connectivity index (χ0v) is 16.8. The van der Waals surface area contributed by atoms with Crippen molar-refractivity contribution in [3.8, 4) is 0 Å². The number of rotatable bonds is 3. The molecule has 7 nitrogen and oxygen atoms in total. The van der Waals surface area contributed by atoms with Crippen LogP contribution in [0.4, 0.5) is 20.3 Å². The third-order valence-electron chi connectivity index (χ3n) is 4.69. The summed E-state index contributed by atoms with van der Waals surface area (Å²) in [5.41, 5.74) is 1.22. The number of carbonyl (C=O) groups is 1. The van der Waals surface area contributed by atoms with Crippen LogP contribution in [0, 0.1) is 18.6 Å². The van der Waals surface area contributed by atoms with Crippen LogP contribution in [-0.4, -0.2) is 46.0 Å². The van der Waals surface area contributed by atoms with E-state index in [-0.39, 0.29) is 35.5 Å². The molecule has 3 aromatic rings. The zero-order chi connectivity index (χ0) is 19.8. The highest BCUT2D eigenvalue weighted by molar-refractivity contribution is 6.04. The van der Waals surface area contributed by atoms with Crippen LogP contribution in [0.2, 0.25) is 0 Å². The number of benzene rings is 1. The molecule has 154 valence electrons. The van der Waals surface area contributed by atoms with E-state index in [1.807, 2.05) is 13.8 Å². The fourth-order valence-electron chi connectivity index (χ4n) is 3.38. The van der Waals surface area contributed by atoms with E-state index in [2.05, 4.69) is 20.6 Å². The smallest absolute Gasteiger partial charge is 0.259 e. The molecule has 1 saturated heterocycles. The fourth-order valence-corrected chi connectivity index (χ4v) is 3.38. The van der Waals surface area contributed by atoms with Crippen LogP contribution in [0.25, 0.3) is 5.65 Å². The molecular formula is C19H21ClF2N6O. The number of amides is 1. The van der Waals surface area contributed by atoms with Crippen molar-refractivity contribution in [3.63, 3.8) is 0 Å². The molecule has 2 N–H and O–H groups in total. The minimum Gasteiger partial charge on any atom is -0.366 e. The molecule has 0 spiro atoms. The Morgan fingerprint density at radius 3 is 2.83 bits per heavy atom. The Morgan fingerprint density at radius 1 is 1.28 bits per heavy atom. The maximum atomic E-state index is 14.6. The highest BCUT2D eigenvalue weighted by Gasteiger charge is 2.23. The highest BCUT2D eigenvalue weighted by Crippen LogP contribution is 2.25. The summed E-state index contributed by atoms with van der Waals surface area (Å²) in [5, 5.41) is 5.76. The van der Waals surface area contributed by atoms with Gasteiger partial charge in [0.1, 0.15) is 17.5 Å². The van der Waals surface area contributed by atoms with Crippen molar-refractivity contribution < 1.29 is 13.6 Å². The molecule has 0 saturated carbocycles. The standard InChI is InChI=1S/C19H20F2N6O.ClH/c1-11-8-26(4-3-22-11)16-6-14(20)13(5-15(16)21)19(28)25-17-10-27-9-12(2)24-18(27)7-23-17;/h5-7,9-11,22H,3-4,8H2,1-2H3,(H,25,28);1H. The second-order valence-corrected chi connectivity index (χ2v) is 6.96. The van der Waals surface area contributed by atoms with E-state index in [1.165, 1.54) is 6.20 Å². The number of imidazole rings is 1. The van der Waals surface area contributed by atoms with Crippen molar-refractivity contribution in [3.05, 3.63) is 53.6 Å². The van der Waals surface area contributed by atoms with E-state index in [0.717, 1.165) is 17.8 Å². The summed E-state index contributed by atoms with van der Waals surface area (Å²) in [6.07, 6.45) is 4.84. The molecule has 0 aliphatic carbocycles. The Kier molecular flexibility index (Phi) is 5.99. The largest absolute Gasteiger partial charge is 0.366 e. The molecule has 1 aliphatic rings. The molecular weight excluding hydrogens is 402 g/mol. The number of hydrogen-bond acceptors (Lipinski definition) is 5. The Bertz CT molecular complexity index is 1060. The number of nitrogens with one attached hydrogen (secondary N) is 2. The fraction of sp³-hybridized carbons (Fsp3) is 0.316. The number of piperazine rings is 1. The lowest BCUT2D eigenvalue weighted by Crippen LogP contribution is -2.49. The molecule has 0 radical (unpaired) electrons. The van der Waals surface area contributed by atoms with E-state index >= 15 is 0 Å². The van der Waals surface area contributed by atoms with Gasteiger partial charge in [-0.2, -0.15) is 0 Å². The average molecular weight is 423 g/mol. The van der Waals surface area contributed by atoms with Gasteiger partial charge in [-0.1, -0.05) is 0 Å². The van der Waals surface area contributed by atoms with Gasteiger partial charge in [-0.3, -0.25) is 4.79 Å². The molecule has 0 bridgehead atoms. The zero-order valence-electron chi connectivity index (χ0n) is 15.9. The summed E-state index contributed by atoms with van der Waals surface area (Å²) in [7, 11) is 0. The summed E-state index contributed by atoms with van der Waals surface area (Å²) >= 11 is 0. The lowest BCUT2D eigenvalue weighted by atomic mass is 10.1. The first kappa shape index (κ1) is 20.9. The maximum Gasteiger partial charge on any atom is 0.259 e. The van der Waals surface area contributed by atoms with Gasteiger partial charge < -0.3 is 19.9 Å². The summed E-state index contributed by atoms with van der Waals surface area (Å²) in [6, 6.07) is 2.19. The summed E-state index contributed by atoms with van der Waals surface area (Å²) in [6.45, 7) is 5.64. The minimum absolute atomic E-state index is 0. The van der Waals surface area contributed by atoms with E-state index < -0.39 is 17.5 Å². The van der Waals surface area contributed by atoms with E-state index in [1.54, 1.807) is 21.7 Å². The van der Waals surface area contributed by atoms with Crippen LogP contribution < -0.4 is 15.5 Å². The molecule has 3 heterocycles. The van der Waals surface area contributed by atoms with Crippen LogP contribution in [-0.2, 0) is 0 Å². The van der Waals surface area contributed by atoms with Crippen molar-refractivity contribution in [2.75, 3.05) is 29.9 Å². The van der Waals surface area contributed by atoms with Crippen LogP contribution >= 0.6 is 12.4 Å². The summed E-state index contributed by atoms with van der Waals surface area (Å²) in [4.78, 5) is 22.6. The quantitative estimate of drug-likeness (QED) is 0.679. The van der Waals surface area contributed by atoms with Gasteiger partial charge in [-0.15, -0.1) is 12.4 Å². The lowest BCUT2D eigenvalue weighted by molar-refractivity contribution is 0.102. The molecule has 10 heteroatoms. The predicted octanol–water partition coefficient (Wildman–Crippen LogP) is 2.79. The Balaban J connectivity index is 0.00000240. The maximum absolute atomic E-state index is 14.6. The second-order valence-electron chi connectivity index (χ2n) is 6.96. The van der Waals surface area contributed by atoms with Crippen LogP contribution in [0.1, 0.15) is 23.0 Å². The molecule has 29 heavy (non-hydrogen) atoms. The van der Waals surface area contributed by atoms with Crippen molar-refractivity contribution in [2.45, 2.75) is 19.9 Å². The third-order valence-corrected chi connectivity index (χ3v) is 4.69. The molecule has 1 atom stereocenters. The van der Waals surface area contributed by atoms with Crippen LogP contribution in [0.5, 0.6) is 0 Å². The number of hydrogen-bond donors (Lipinski definition) is 2. The van der Waals surface area contributed by atoms with Gasteiger partial charge in [0.05, 0.1) is 29.3 Å². The van der Waals surface area contributed by atoms with Crippen molar-refractivity contribution in [1.82, 2.24) is 19.7 Å². The van der Waals surface area contributed by atoms with E-state index in [9.17, 15) is 13.6 Å². The Hall–Kier alpha value is -2.78. The summed E-state index contributed by atoms with van der Waals surface area (Å²) < 4.78 is 30.9. The number of aryl methyl sites for hydroxylation is 1. The minimum atomic E-state index is -0.778. The highest BCUT2D eigenvalue weighted by atomic mass is 35.5. The Morgan fingerprint density at radius 2 is 2.07 bits per heavy atom. The van der Waals surface area contributed by atoms with Gasteiger partial charge in [-0.25, -0.2) is 18.7 Å². The van der Waals surface area contributed by atoms with Crippen LogP contribution in [0.3, 0.4) is 0 Å². The van der Waals surface area contributed by atoms with Crippen molar-refractivity contribution in [1.29, 1.82) is 0 Å². The number of halogens is 3. The first-order valence-electron chi connectivity index (χ1n) is 9.01. The molecule has 1 aromatic carbocycles. The number of fused-ring (bicyclic) bond motifs is 1. The SMILES string of the molecule is Cc1cn2cc(NC(=O)c3cc(F)c(N4CCNC(C)C4)cc3F)ncc2n1.Cl. The van der Waals surface area contributed by atoms with Gasteiger partial charge >= 0.3 is 0 Å². The normalized spacial score (nSPS) is 16.6. The molecule has 1 amide bonds. The topological polar surface area (TPSA) is 74.6 Å². The molecule has 4 rings (SSSR count). The lowest BCUT2D eigenvalue weighted by Gasteiger charge is -2.33. The van der Waals surface area contributed by atoms with E-state index in [4.69, 9.17) is 0 Å². The van der Waals surface area contributed by atoms with Crippen molar-refractivity contribution in [2.24, 2.45) is 0 Å². The van der Waals surface area contributed by atoms with E-state index in [0.29, 0.717) is 25.3 Å². The number of anilines is 2. The molecule has 1 aliphatic heterocycles. The number of aromatic nitrogens is 3. The first-order valence-corrected chi connectivity index (χ1v) is 9.01. The second kappa shape index (κ2) is 8.30. The molecule has 1 unspecified atom stereocenters. The summed E-state index contributed by atoms with van der Waals surface area (Å²) in [5.74, 6) is -1.95. The Labute approximate surface area is 172 Å². The first-order chi connectivity index (χ1) is 13.4.